The number of sulfonamides is 1. The second-order valence-corrected chi connectivity index (χ2v) is 7.21. The summed E-state index contributed by atoms with van der Waals surface area (Å²) in [6.07, 6.45) is 0. The van der Waals surface area contributed by atoms with E-state index in [-0.39, 0.29) is 10.6 Å². The average molecular weight is 337 g/mol. The van der Waals surface area contributed by atoms with Crippen molar-refractivity contribution in [1.82, 2.24) is 4.72 Å². The van der Waals surface area contributed by atoms with Crippen molar-refractivity contribution < 1.29 is 17.5 Å². The zero-order valence-electron chi connectivity index (χ0n) is 13.6. The van der Waals surface area contributed by atoms with Crippen LogP contribution in [0.4, 0.5) is 4.39 Å². The van der Waals surface area contributed by atoms with Crippen LogP contribution in [-0.4, -0.2) is 15.5 Å². The molecule has 0 amide bonds. The molecule has 1 atom stereocenters. The molecule has 0 saturated carbocycles. The number of hydrogen-bond donors (Lipinski definition) is 1. The maximum Gasteiger partial charge on any atom is 0.241 e. The molecule has 4 nitrogen and oxygen atoms in total. The lowest BCUT2D eigenvalue weighted by atomic mass is 10.0. The molecule has 0 aromatic heterocycles. The van der Waals surface area contributed by atoms with Gasteiger partial charge >= 0.3 is 0 Å². The van der Waals surface area contributed by atoms with Gasteiger partial charge in [0.1, 0.15) is 0 Å². The molecule has 0 unspecified atom stereocenters. The summed E-state index contributed by atoms with van der Waals surface area (Å²) < 4.78 is 46.0. The van der Waals surface area contributed by atoms with E-state index in [0.29, 0.717) is 0 Å². The maximum absolute atomic E-state index is 13.7. The normalized spacial score (nSPS) is 12.9. The first-order valence-corrected chi connectivity index (χ1v) is 8.66. The molecule has 0 saturated heterocycles. The zero-order valence-corrected chi connectivity index (χ0v) is 14.4. The second kappa shape index (κ2) is 6.68. The third-order valence-electron chi connectivity index (χ3n) is 3.67. The van der Waals surface area contributed by atoms with Gasteiger partial charge in [-0.2, -0.15) is 0 Å². The summed E-state index contributed by atoms with van der Waals surface area (Å²) in [5.74, 6) is -0.707. The summed E-state index contributed by atoms with van der Waals surface area (Å²) in [7, 11) is -2.50. The van der Waals surface area contributed by atoms with Crippen LogP contribution in [0.15, 0.2) is 41.3 Å². The lowest BCUT2D eigenvalue weighted by Crippen LogP contribution is -2.27. The van der Waals surface area contributed by atoms with E-state index >= 15 is 0 Å². The lowest BCUT2D eigenvalue weighted by molar-refractivity contribution is 0.385. The number of ether oxygens (including phenoxy) is 1. The van der Waals surface area contributed by atoms with Crippen LogP contribution in [0, 0.1) is 19.7 Å². The molecule has 0 heterocycles. The third kappa shape index (κ3) is 3.89. The Morgan fingerprint density at radius 1 is 1.13 bits per heavy atom. The van der Waals surface area contributed by atoms with E-state index in [1.54, 1.807) is 6.92 Å². The second-order valence-electron chi connectivity index (χ2n) is 5.50. The Kier molecular flexibility index (Phi) is 5.06. The van der Waals surface area contributed by atoms with Crippen LogP contribution in [0.2, 0.25) is 0 Å². The van der Waals surface area contributed by atoms with Crippen molar-refractivity contribution >= 4 is 10.0 Å². The average Bonchev–Trinajstić information content (AvgIpc) is 2.49. The monoisotopic (exact) mass is 337 g/mol. The number of rotatable bonds is 5. The van der Waals surface area contributed by atoms with Gasteiger partial charge in [0, 0.05) is 6.04 Å². The molecule has 2 rings (SSSR count). The summed E-state index contributed by atoms with van der Waals surface area (Å²) in [6, 6.07) is 9.01. The minimum Gasteiger partial charge on any atom is -0.494 e. The Balaban J connectivity index is 2.30. The predicted octanol–water partition coefficient (Wildman–Crippen LogP) is 3.49. The highest BCUT2D eigenvalue weighted by atomic mass is 32.2. The Morgan fingerprint density at radius 3 is 2.43 bits per heavy atom. The minimum absolute atomic E-state index is 0.00604. The Bertz CT molecular complexity index is 819. The van der Waals surface area contributed by atoms with Crippen molar-refractivity contribution in [3.8, 4) is 5.75 Å². The van der Waals surface area contributed by atoms with Gasteiger partial charge in [0.05, 0.1) is 12.0 Å². The van der Waals surface area contributed by atoms with Gasteiger partial charge in [-0.05, 0) is 50.1 Å². The molecule has 2 aromatic carbocycles. The van der Waals surface area contributed by atoms with Gasteiger partial charge in [0.25, 0.3) is 0 Å². The van der Waals surface area contributed by atoms with Crippen molar-refractivity contribution in [2.45, 2.75) is 31.7 Å². The lowest BCUT2D eigenvalue weighted by Gasteiger charge is -2.17. The highest BCUT2D eigenvalue weighted by Gasteiger charge is 2.21. The summed E-state index contributed by atoms with van der Waals surface area (Å²) in [6.45, 7) is 5.63. The first kappa shape index (κ1) is 17.4. The van der Waals surface area contributed by atoms with E-state index < -0.39 is 21.9 Å². The number of hydrogen-bond acceptors (Lipinski definition) is 3. The third-order valence-corrected chi connectivity index (χ3v) is 5.21. The van der Waals surface area contributed by atoms with Gasteiger partial charge in [-0.3, -0.25) is 0 Å². The Morgan fingerprint density at radius 2 is 1.83 bits per heavy atom. The molecule has 2 aromatic rings. The molecular weight excluding hydrogens is 317 g/mol. The van der Waals surface area contributed by atoms with Crippen LogP contribution in [0.1, 0.15) is 29.7 Å². The molecule has 0 aliphatic heterocycles. The van der Waals surface area contributed by atoms with Gasteiger partial charge < -0.3 is 4.74 Å². The van der Waals surface area contributed by atoms with Crippen LogP contribution >= 0.6 is 0 Å². The largest absolute Gasteiger partial charge is 0.494 e. The van der Waals surface area contributed by atoms with E-state index in [2.05, 4.69) is 4.72 Å². The van der Waals surface area contributed by atoms with Gasteiger partial charge in [0.2, 0.25) is 10.0 Å². The number of aryl methyl sites for hydroxylation is 2. The van der Waals surface area contributed by atoms with Crippen molar-refractivity contribution in [1.29, 1.82) is 0 Å². The standard InChI is InChI=1S/C17H20FNO3S/c1-11-5-6-12(2)15(9-11)13(3)19-23(20,21)14-7-8-17(22-4)16(18)10-14/h5-10,13,19H,1-4H3/t13-/m1/s1. The molecule has 23 heavy (non-hydrogen) atoms. The van der Waals surface area contributed by atoms with Crippen molar-refractivity contribution in [2.75, 3.05) is 7.11 Å². The van der Waals surface area contributed by atoms with Crippen molar-refractivity contribution in [2.24, 2.45) is 0 Å². The van der Waals surface area contributed by atoms with E-state index in [4.69, 9.17) is 4.74 Å². The summed E-state index contributed by atoms with van der Waals surface area (Å²) >= 11 is 0. The van der Waals surface area contributed by atoms with Gasteiger partial charge in [-0.15, -0.1) is 0 Å². The smallest absolute Gasteiger partial charge is 0.241 e. The van der Waals surface area contributed by atoms with Crippen LogP contribution in [0.5, 0.6) is 5.75 Å². The van der Waals surface area contributed by atoms with E-state index in [1.165, 1.54) is 19.2 Å². The number of halogens is 1. The van der Waals surface area contributed by atoms with Crippen LogP contribution < -0.4 is 9.46 Å². The number of benzene rings is 2. The Labute approximate surface area is 136 Å². The quantitative estimate of drug-likeness (QED) is 0.908. The highest BCUT2D eigenvalue weighted by molar-refractivity contribution is 7.89. The van der Waals surface area contributed by atoms with Crippen LogP contribution in [0.3, 0.4) is 0 Å². The topological polar surface area (TPSA) is 55.4 Å². The summed E-state index contributed by atoms with van der Waals surface area (Å²) in [4.78, 5) is -0.132. The molecule has 0 fully saturated rings. The molecule has 1 N–H and O–H groups in total. The zero-order chi connectivity index (χ0) is 17.2. The van der Waals surface area contributed by atoms with Gasteiger partial charge in [-0.1, -0.05) is 23.8 Å². The molecule has 0 radical (unpaired) electrons. The minimum atomic E-state index is -3.83. The van der Waals surface area contributed by atoms with Gasteiger partial charge in [0.15, 0.2) is 11.6 Å². The van der Waals surface area contributed by atoms with Crippen molar-refractivity contribution in [3.63, 3.8) is 0 Å². The van der Waals surface area contributed by atoms with E-state index in [1.807, 2.05) is 32.0 Å². The maximum atomic E-state index is 13.7. The summed E-state index contributed by atoms with van der Waals surface area (Å²) in [5, 5.41) is 0. The molecule has 0 spiro atoms. The van der Waals surface area contributed by atoms with E-state index in [0.717, 1.165) is 22.8 Å². The molecule has 0 bridgehead atoms. The number of methoxy groups -OCH3 is 1. The Hall–Kier alpha value is -1.92. The fourth-order valence-electron chi connectivity index (χ4n) is 2.40. The van der Waals surface area contributed by atoms with Crippen LogP contribution in [-0.2, 0) is 10.0 Å². The van der Waals surface area contributed by atoms with Gasteiger partial charge in [-0.25, -0.2) is 17.5 Å². The predicted molar refractivity (Wildman–Crippen MR) is 87.6 cm³/mol. The molecule has 124 valence electrons. The summed E-state index contributed by atoms with van der Waals surface area (Å²) in [5.41, 5.74) is 2.93. The van der Waals surface area contributed by atoms with Crippen LogP contribution in [0.25, 0.3) is 0 Å². The first-order valence-electron chi connectivity index (χ1n) is 7.17. The highest BCUT2D eigenvalue weighted by Crippen LogP contribution is 2.24. The molecule has 6 heteroatoms. The number of nitrogens with one attached hydrogen (secondary N) is 1. The molecule has 0 aliphatic rings. The molecule has 0 aliphatic carbocycles. The van der Waals surface area contributed by atoms with Crippen molar-refractivity contribution in [3.05, 3.63) is 58.9 Å². The fraction of sp³-hybridized carbons (Fsp3) is 0.294. The molecular formula is C17H20FNO3S. The van der Waals surface area contributed by atoms with E-state index in [9.17, 15) is 12.8 Å². The SMILES string of the molecule is COc1ccc(S(=O)(=O)N[C@H](C)c2cc(C)ccc2C)cc1F. The fourth-order valence-corrected chi connectivity index (χ4v) is 3.64. The first-order chi connectivity index (χ1) is 10.7.